The van der Waals surface area contributed by atoms with Crippen LogP contribution in [0.3, 0.4) is 0 Å². The molecule has 0 aliphatic rings. The van der Waals surface area contributed by atoms with Crippen molar-refractivity contribution < 1.29 is 4.79 Å². The van der Waals surface area contributed by atoms with Gasteiger partial charge in [-0.15, -0.1) is 0 Å². The molecule has 3 aromatic heterocycles. The first kappa shape index (κ1) is 14.8. The molecular formula is C18H16N4O. The van der Waals surface area contributed by atoms with Crippen molar-refractivity contribution in [1.82, 2.24) is 20.3 Å². The minimum atomic E-state index is -0.0330. The number of carbonyl (C=O) groups is 1. The van der Waals surface area contributed by atoms with Crippen molar-refractivity contribution in [1.29, 1.82) is 0 Å². The van der Waals surface area contributed by atoms with Crippen molar-refractivity contribution in [3.05, 3.63) is 78.5 Å². The Hall–Kier alpha value is -3.08. The van der Waals surface area contributed by atoms with Crippen LogP contribution in [0.2, 0.25) is 0 Å². The van der Waals surface area contributed by atoms with Gasteiger partial charge < -0.3 is 5.32 Å². The van der Waals surface area contributed by atoms with Crippen molar-refractivity contribution in [2.45, 2.75) is 13.0 Å². The highest BCUT2D eigenvalue weighted by atomic mass is 16.1. The number of rotatable bonds is 5. The molecule has 0 aromatic carbocycles. The zero-order chi connectivity index (χ0) is 15.9. The van der Waals surface area contributed by atoms with Crippen LogP contribution in [0, 0.1) is 0 Å². The van der Waals surface area contributed by atoms with Crippen LogP contribution in [0.4, 0.5) is 0 Å². The molecule has 1 N–H and O–H groups in total. The van der Waals surface area contributed by atoms with Crippen molar-refractivity contribution in [3.8, 4) is 11.3 Å². The third-order valence-electron chi connectivity index (χ3n) is 3.36. The Kier molecular flexibility index (Phi) is 4.69. The Morgan fingerprint density at radius 3 is 2.39 bits per heavy atom. The van der Waals surface area contributed by atoms with Gasteiger partial charge in [-0.25, -0.2) is 0 Å². The second kappa shape index (κ2) is 7.26. The second-order valence-electron chi connectivity index (χ2n) is 5.11. The molecule has 0 atom stereocenters. The van der Waals surface area contributed by atoms with E-state index in [9.17, 15) is 4.79 Å². The van der Waals surface area contributed by atoms with Gasteiger partial charge in [-0.2, -0.15) is 0 Å². The van der Waals surface area contributed by atoms with Crippen LogP contribution < -0.4 is 5.32 Å². The van der Waals surface area contributed by atoms with E-state index in [4.69, 9.17) is 0 Å². The Labute approximate surface area is 134 Å². The maximum Gasteiger partial charge on any atom is 0.224 e. The predicted molar refractivity (Wildman–Crippen MR) is 87.3 cm³/mol. The summed E-state index contributed by atoms with van der Waals surface area (Å²) in [6, 6.07) is 11.4. The van der Waals surface area contributed by atoms with E-state index in [0.29, 0.717) is 13.0 Å². The van der Waals surface area contributed by atoms with Crippen LogP contribution in [-0.4, -0.2) is 20.9 Å². The highest BCUT2D eigenvalue weighted by molar-refractivity contribution is 5.78. The molecule has 3 heterocycles. The third kappa shape index (κ3) is 4.20. The maximum absolute atomic E-state index is 11.9. The van der Waals surface area contributed by atoms with E-state index in [0.717, 1.165) is 22.4 Å². The quantitative estimate of drug-likeness (QED) is 0.786. The van der Waals surface area contributed by atoms with Crippen LogP contribution in [0.15, 0.2) is 67.4 Å². The average molecular weight is 304 g/mol. The monoisotopic (exact) mass is 304 g/mol. The molecule has 3 rings (SSSR count). The average Bonchev–Trinajstić information content (AvgIpc) is 2.62. The first-order valence-electron chi connectivity index (χ1n) is 7.32. The van der Waals surface area contributed by atoms with Crippen LogP contribution in [0.25, 0.3) is 11.3 Å². The molecule has 0 saturated carbocycles. The summed E-state index contributed by atoms with van der Waals surface area (Å²) in [7, 11) is 0. The van der Waals surface area contributed by atoms with E-state index in [1.807, 2.05) is 36.4 Å². The number of amides is 1. The predicted octanol–water partition coefficient (Wildman–Crippen LogP) is 2.40. The van der Waals surface area contributed by atoms with E-state index < -0.39 is 0 Å². The van der Waals surface area contributed by atoms with Crippen LogP contribution in [0.5, 0.6) is 0 Å². The van der Waals surface area contributed by atoms with Gasteiger partial charge in [-0.3, -0.25) is 19.7 Å². The van der Waals surface area contributed by atoms with Gasteiger partial charge in [-0.05, 0) is 35.4 Å². The molecular weight excluding hydrogens is 288 g/mol. The number of pyridine rings is 3. The lowest BCUT2D eigenvalue weighted by Gasteiger charge is -2.06. The fourth-order valence-electron chi connectivity index (χ4n) is 2.17. The van der Waals surface area contributed by atoms with Gasteiger partial charge in [0.1, 0.15) is 0 Å². The van der Waals surface area contributed by atoms with E-state index >= 15 is 0 Å². The van der Waals surface area contributed by atoms with Crippen molar-refractivity contribution in [2.24, 2.45) is 0 Å². The van der Waals surface area contributed by atoms with Crippen LogP contribution >= 0.6 is 0 Å². The zero-order valence-electron chi connectivity index (χ0n) is 12.5. The Morgan fingerprint density at radius 2 is 1.74 bits per heavy atom. The number of carbonyl (C=O) groups excluding carboxylic acids is 1. The van der Waals surface area contributed by atoms with Crippen LogP contribution in [0.1, 0.15) is 11.1 Å². The smallest absolute Gasteiger partial charge is 0.224 e. The van der Waals surface area contributed by atoms with Gasteiger partial charge in [0.2, 0.25) is 5.91 Å². The lowest BCUT2D eigenvalue weighted by atomic mass is 10.1. The van der Waals surface area contributed by atoms with E-state index in [1.54, 1.807) is 31.0 Å². The molecule has 0 aliphatic carbocycles. The van der Waals surface area contributed by atoms with Crippen molar-refractivity contribution in [2.75, 3.05) is 0 Å². The molecule has 0 fully saturated rings. The first-order chi connectivity index (χ1) is 11.3. The molecule has 0 unspecified atom stereocenters. The largest absolute Gasteiger partial charge is 0.352 e. The normalized spacial score (nSPS) is 10.3. The number of aromatic nitrogens is 3. The molecule has 0 radical (unpaired) electrons. The Balaban J connectivity index is 1.55. The minimum absolute atomic E-state index is 0.0330. The summed E-state index contributed by atoms with van der Waals surface area (Å²) >= 11 is 0. The number of hydrogen-bond donors (Lipinski definition) is 1. The summed E-state index contributed by atoms with van der Waals surface area (Å²) in [5.41, 5.74) is 3.69. The topological polar surface area (TPSA) is 67.8 Å². The summed E-state index contributed by atoms with van der Waals surface area (Å²) in [6.07, 6.45) is 9.00. The molecule has 23 heavy (non-hydrogen) atoms. The molecule has 0 saturated heterocycles. The standard InChI is InChI=1S/C18H16N4O/c23-18(9-14-3-1-7-19-10-14)22-12-15-5-6-17(21-11-15)16-4-2-8-20-13-16/h1-8,10-11,13H,9,12H2,(H,22,23). The van der Waals surface area contributed by atoms with Gasteiger partial charge in [-0.1, -0.05) is 12.1 Å². The van der Waals surface area contributed by atoms with Gasteiger partial charge in [0.15, 0.2) is 0 Å². The lowest BCUT2D eigenvalue weighted by Crippen LogP contribution is -2.24. The number of hydrogen-bond acceptors (Lipinski definition) is 4. The first-order valence-corrected chi connectivity index (χ1v) is 7.32. The molecule has 5 heteroatoms. The van der Waals surface area contributed by atoms with Gasteiger partial charge in [0.05, 0.1) is 12.1 Å². The molecule has 114 valence electrons. The fourth-order valence-corrected chi connectivity index (χ4v) is 2.17. The number of nitrogens with zero attached hydrogens (tertiary/aromatic N) is 3. The van der Waals surface area contributed by atoms with Crippen molar-refractivity contribution in [3.63, 3.8) is 0 Å². The third-order valence-corrected chi connectivity index (χ3v) is 3.36. The van der Waals surface area contributed by atoms with Gasteiger partial charge in [0.25, 0.3) is 0 Å². The minimum Gasteiger partial charge on any atom is -0.352 e. The van der Waals surface area contributed by atoms with E-state index in [-0.39, 0.29) is 5.91 Å². The summed E-state index contributed by atoms with van der Waals surface area (Å²) in [4.78, 5) is 24.4. The summed E-state index contributed by atoms with van der Waals surface area (Å²) in [5, 5.41) is 2.89. The zero-order valence-corrected chi connectivity index (χ0v) is 12.5. The molecule has 0 spiro atoms. The maximum atomic E-state index is 11.9. The molecule has 0 bridgehead atoms. The SMILES string of the molecule is O=C(Cc1cccnc1)NCc1ccc(-c2cccnc2)nc1. The highest BCUT2D eigenvalue weighted by Crippen LogP contribution is 2.15. The summed E-state index contributed by atoms with van der Waals surface area (Å²) < 4.78 is 0. The second-order valence-corrected chi connectivity index (χ2v) is 5.11. The molecule has 0 aliphatic heterocycles. The van der Waals surface area contributed by atoms with Crippen molar-refractivity contribution >= 4 is 5.91 Å². The Morgan fingerprint density at radius 1 is 0.913 bits per heavy atom. The van der Waals surface area contributed by atoms with E-state index in [2.05, 4.69) is 20.3 Å². The van der Waals surface area contributed by atoms with E-state index in [1.165, 1.54) is 0 Å². The molecule has 5 nitrogen and oxygen atoms in total. The highest BCUT2D eigenvalue weighted by Gasteiger charge is 2.04. The fraction of sp³-hybridized carbons (Fsp3) is 0.111. The summed E-state index contributed by atoms with van der Waals surface area (Å²) in [6.45, 7) is 0.458. The Bertz CT molecular complexity index is 758. The molecule has 3 aromatic rings. The number of nitrogens with one attached hydrogen (secondary N) is 1. The van der Waals surface area contributed by atoms with Gasteiger partial charge >= 0.3 is 0 Å². The lowest BCUT2D eigenvalue weighted by molar-refractivity contribution is -0.120. The summed E-state index contributed by atoms with van der Waals surface area (Å²) in [5.74, 6) is -0.0330. The van der Waals surface area contributed by atoms with Gasteiger partial charge in [0, 0.05) is 43.1 Å². The van der Waals surface area contributed by atoms with Crippen LogP contribution in [-0.2, 0) is 17.8 Å². The molecule has 1 amide bonds.